The Bertz CT molecular complexity index is 1410. The van der Waals surface area contributed by atoms with Crippen LogP contribution in [-0.2, 0) is 22.1 Å². The van der Waals surface area contributed by atoms with Crippen LogP contribution in [0.4, 0.5) is 23.1 Å². The van der Waals surface area contributed by atoms with Crippen LogP contribution in [0.5, 0.6) is 0 Å². The van der Waals surface area contributed by atoms with E-state index in [0.717, 1.165) is 31.7 Å². The van der Waals surface area contributed by atoms with Gasteiger partial charge in [-0.05, 0) is 93.3 Å². The summed E-state index contributed by atoms with van der Waals surface area (Å²) in [4.78, 5) is 11.8. The number of halogens is 2. The van der Waals surface area contributed by atoms with E-state index in [0.29, 0.717) is 50.9 Å². The van der Waals surface area contributed by atoms with Crippen molar-refractivity contribution < 1.29 is 9.30 Å². The lowest BCUT2D eigenvalue weighted by atomic mass is 10.0. The van der Waals surface area contributed by atoms with Crippen LogP contribution in [0.15, 0.2) is 42.6 Å². The van der Waals surface area contributed by atoms with Crippen LogP contribution >= 0.6 is 30.3 Å². The molecule has 3 unspecified atom stereocenters. The second kappa shape index (κ2) is 11.0. The normalized spacial score (nSPS) is 23.2. The summed E-state index contributed by atoms with van der Waals surface area (Å²) in [5.74, 6) is 0.869. The Kier molecular flexibility index (Phi) is 7.64. The number of anilines is 4. The van der Waals surface area contributed by atoms with Crippen molar-refractivity contribution in [1.29, 1.82) is 0 Å². The van der Waals surface area contributed by atoms with Crippen molar-refractivity contribution in [3.63, 3.8) is 0 Å². The molecule has 3 aliphatic rings. The zero-order valence-corrected chi connectivity index (χ0v) is 24.7. The summed E-state index contributed by atoms with van der Waals surface area (Å²) in [6.45, 7) is 5.21. The number of morpholine rings is 1. The molecular weight excluding hydrogens is 552 g/mol. The molecule has 1 aliphatic carbocycles. The van der Waals surface area contributed by atoms with Crippen LogP contribution in [0.3, 0.4) is 0 Å². The first-order valence-corrected chi connectivity index (χ1v) is 17.0. The average Bonchev–Trinajstić information content (AvgIpc) is 3.05. The van der Waals surface area contributed by atoms with E-state index in [4.69, 9.17) is 27.9 Å². The molecule has 3 aromatic rings. The zero-order valence-electron chi connectivity index (χ0n) is 22.3. The highest BCUT2D eigenvalue weighted by atomic mass is 35.5. The summed E-state index contributed by atoms with van der Waals surface area (Å²) in [5.41, 5.74) is 4.43. The molecule has 3 heterocycles. The predicted molar refractivity (Wildman–Crippen MR) is 160 cm³/mol. The van der Waals surface area contributed by atoms with E-state index in [-0.39, 0.29) is 0 Å². The number of fused-ring (bicyclic) bond motifs is 3. The molecule has 3 atom stereocenters. The second-order valence-electron chi connectivity index (χ2n) is 11.2. The lowest BCUT2D eigenvalue weighted by Crippen LogP contribution is -2.51. The van der Waals surface area contributed by atoms with E-state index in [1.54, 1.807) is 37.7 Å². The minimum Gasteiger partial charge on any atom is -0.378 e. The van der Waals surface area contributed by atoms with Crippen LogP contribution in [0.2, 0.25) is 10.0 Å². The first-order valence-electron chi connectivity index (χ1n) is 13.6. The molecule has 39 heavy (non-hydrogen) atoms. The lowest BCUT2D eigenvalue weighted by molar-refractivity contribution is -0.0389. The minimum atomic E-state index is -2.59. The van der Waals surface area contributed by atoms with Gasteiger partial charge < -0.3 is 19.9 Å². The SMILES string of the molecule is CP(C)(=O)c1cc(Cl)ccc1Nc1nc(Nc2ccc3c(c2)CCC(N2C4CCC2COC4)CC3)ncc1Cl. The highest BCUT2D eigenvalue weighted by molar-refractivity contribution is 7.70. The number of nitrogens with one attached hydrogen (secondary N) is 2. The van der Waals surface area contributed by atoms with Crippen molar-refractivity contribution in [3.8, 4) is 0 Å². The van der Waals surface area contributed by atoms with Gasteiger partial charge in [0.15, 0.2) is 5.82 Å². The smallest absolute Gasteiger partial charge is 0.229 e. The molecule has 7 nitrogen and oxygen atoms in total. The average molecular weight is 587 g/mol. The lowest BCUT2D eigenvalue weighted by Gasteiger charge is -2.40. The predicted octanol–water partition coefficient (Wildman–Crippen LogP) is 6.63. The van der Waals surface area contributed by atoms with Gasteiger partial charge in [0.25, 0.3) is 0 Å². The molecule has 6 rings (SSSR count). The summed E-state index contributed by atoms with van der Waals surface area (Å²) >= 11 is 12.6. The van der Waals surface area contributed by atoms with Gasteiger partial charge in [-0.1, -0.05) is 29.3 Å². The molecule has 10 heteroatoms. The van der Waals surface area contributed by atoms with Crippen LogP contribution in [0.1, 0.15) is 36.8 Å². The number of rotatable bonds is 6. The Morgan fingerprint density at radius 3 is 2.41 bits per heavy atom. The van der Waals surface area contributed by atoms with Crippen molar-refractivity contribution in [3.05, 3.63) is 63.8 Å². The topological polar surface area (TPSA) is 79.4 Å². The Morgan fingerprint density at radius 2 is 1.67 bits per heavy atom. The van der Waals surface area contributed by atoms with Crippen molar-refractivity contribution >= 4 is 58.8 Å². The van der Waals surface area contributed by atoms with Crippen molar-refractivity contribution in [2.75, 3.05) is 37.2 Å². The van der Waals surface area contributed by atoms with Gasteiger partial charge in [-0.15, -0.1) is 0 Å². The second-order valence-corrected chi connectivity index (χ2v) is 15.3. The molecule has 2 aromatic carbocycles. The minimum absolute atomic E-state index is 0.369. The largest absolute Gasteiger partial charge is 0.378 e. The molecule has 0 spiro atoms. The number of aryl methyl sites for hydroxylation is 2. The molecule has 0 radical (unpaired) electrons. The third-order valence-corrected chi connectivity index (χ3v) is 10.3. The fraction of sp³-hybridized carbons (Fsp3) is 0.448. The van der Waals surface area contributed by atoms with Gasteiger partial charge in [0.1, 0.15) is 12.2 Å². The highest BCUT2D eigenvalue weighted by Crippen LogP contribution is 2.40. The maximum absolute atomic E-state index is 12.9. The van der Waals surface area contributed by atoms with Gasteiger partial charge in [-0.2, -0.15) is 4.98 Å². The number of ether oxygens (including phenoxy) is 1. The van der Waals surface area contributed by atoms with Crippen molar-refractivity contribution in [2.24, 2.45) is 0 Å². The summed E-state index contributed by atoms with van der Waals surface area (Å²) in [7, 11) is -2.59. The molecule has 2 saturated heterocycles. The van der Waals surface area contributed by atoms with E-state index in [2.05, 4.69) is 43.7 Å². The standard InChI is InChI=1S/C29H34Cl2N5O2P/c1-39(2,37)27-14-20(30)6-12-26(27)34-28-25(31)15-32-29(35-28)33-21-7-3-18-4-8-22(9-5-19(18)13-21)36-23-10-11-24(36)17-38-16-23/h3,6-7,12-15,22-24H,4-5,8-11,16-17H2,1-2H3,(H2,32,33,34,35). The number of nitrogens with zero attached hydrogens (tertiary/aromatic N) is 3. The summed E-state index contributed by atoms with van der Waals surface area (Å²) in [6.07, 6.45) is 8.66. The quantitative estimate of drug-likeness (QED) is 0.248. The summed E-state index contributed by atoms with van der Waals surface area (Å²) in [5, 5.41) is 8.14. The van der Waals surface area contributed by atoms with Gasteiger partial charge in [0, 0.05) is 34.1 Å². The molecule has 0 saturated carbocycles. The molecule has 206 valence electrons. The first kappa shape index (κ1) is 27.0. The van der Waals surface area contributed by atoms with Gasteiger partial charge in [0.2, 0.25) is 5.95 Å². The molecular formula is C29H34Cl2N5O2P. The number of hydrogen-bond donors (Lipinski definition) is 2. The van der Waals surface area contributed by atoms with E-state index in [9.17, 15) is 4.57 Å². The molecule has 0 amide bonds. The van der Waals surface area contributed by atoms with Gasteiger partial charge in [-0.25, -0.2) is 4.98 Å². The molecule has 2 aliphatic heterocycles. The van der Waals surface area contributed by atoms with Gasteiger partial charge in [-0.3, -0.25) is 4.90 Å². The fourth-order valence-electron chi connectivity index (χ4n) is 6.35. The van der Waals surface area contributed by atoms with E-state index in [1.165, 1.54) is 36.8 Å². The number of benzene rings is 2. The third-order valence-electron chi connectivity index (χ3n) is 8.21. The van der Waals surface area contributed by atoms with Crippen LogP contribution in [0.25, 0.3) is 0 Å². The summed E-state index contributed by atoms with van der Waals surface area (Å²) < 4.78 is 18.7. The third kappa shape index (κ3) is 5.84. The summed E-state index contributed by atoms with van der Waals surface area (Å²) in [6, 6.07) is 13.7. The maximum atomic E-state index is 12.9. The molecule has 1 aromatic heterocycles. The molecule has 2 bridgehead atoms. The molecule has 2 fully saturated rings. The van der Waals surface area contributed by atoms with E-state index >= 15 is 0 Å². The molecule has 2 N–H and O–H groups in total. The highest BCUT2D eigenvalue weighted by Gasteiger charge is 2.41. The van der Waals surface area contributed by atoms with E-state index in [1.807, 2.05) is 0 Å². The fourth-order valence-corrected chi connectivity index (χ4v) is 7.90. The maximum Gasteiger partial charge on any atom is 0.229 e. The van der Waals surface area contributed by atoms with Crippen LogP contribution in [-0.4, -0.2) is 59.5 Å². The number of hydrogen-bond acceptors (Lipinski definition) is 7. The van der Waals surface area contributed by atoms with Crippen molar-refractivity contribution in [2.45, 2.75) is 56.7 Å². The number of aromatic nitrogens is 2. The van der Waals surface area contributed by atoms with Crippen LogP contribution < -0.4 is 15.9 Å². The Labute approximate surface area is 240 Å². The Balaban J connectivity index is 1.18. The monoisotopic (exact) mass is 585 g/mol. The zero-order chi connectivity index (χ0) is 27.1. The Morgan fingerprint density at radius 1 is 0.923 bits per heavy atom. The van der Waals surface area contributed by atoms with Gasteiger partial charge >= 0.3 is 0 Å². The van der Waals surface area contributed by atoms with Crippen LogP contribution in [0, 0.1) is 0 Å². The first-order chi connectivity index (χ1) is 18.7. The van der Waals surface area contributed by atoms with Gasteiger partial charge in [0.05, 0.1) is 25.1 Å². The van der Waals surface area contributed by atoms with E-state index < -0.39 is 7.14 Å². The van der Waals surface area contributed by atoms with Crippen molar-refractivity contribution in [1.82, 2.24) is 14.9 Å². The Hall–Kier alpha value is -2.15.